The van der Waals surface area contributed by atoms with E-state index in [0.29, 0.717) is 6.04 Å². The molecule has 1 fully saturated rings. The lowest BCUT2D eigenvalue weighted by atomic mass is 10.0. The van der Waals surface area contributed by atoms with E-state index in [4.69, 9.17) is 5.73 Å². The van der Waals surface area contributed by atoms with Gasteiger partial charge in [-0.3, -0.25) is 4.79 Å². The molecule has 1 heterocycles. The Hall–Kier alpha value is -1.79. The summed E-state index contributed by atoms with van der Waals surface area (Å²) in [5.74, 6) is -0.0704. The van der Waals surface area contributed by atoms with E-state index in [0.717, 1.165) is 42.9 Å². The minimum absolute atomic E-state index is 0. The van der Waals surface area contributed by atoms with E-state index in [-0.39, 0.29) is 43.2 Å². The monoisotopic (exact) mass is 424 g/mol. The predicted molar refractivity (Wildman–Crippen MR) is 122 cm³/mol. The molecule has 0 radical (unpaired) electrons. The Morgan fingerprint density at radius 3 is 2.25 bits per heavy atom. The van der Waals surface area contributed by atoms with Crippen molar-refractivity contribution >= 4 is 42.1 Å². The number of rotatable bonds is 6. The Labute approximate surface area is 179 Å². The number of nitrogens with two attached hydrogens (primary N) is 1. The molecule has 0 bridgehead atoms. The Balaban J connectivity index is 0.00000196. The quantitative estimate of drug-likeness (QED) is 0.653. The number of halogens is 2. The Bertz CT molecular complexity index is 721. The smallest absolute Gasteiger partial charge is 0.226 e. The molecule has 0 spiro atoms. The van der Waals surface area contributed by atoms with Gasteiger partial charge in [-0.05, 0) is 50.7 Å². The zero-order valence-electron chi connectivity index (χ0n) is 16.1. The molecular weight excluding hydrogens is 395 g/mol. The number of anilines is 2. The van der Waals surface area contributed by atoms with E-state index in [1.807, 2.05) is 54.6 Å². The molecule has 1 atom stereocenters. The lowest BCUT2D eigenvalue weighted by Crippen LogP contribution is -2.36. The largest absolute Gasteiger partial charge is 0.381 e. The maximum Gasteiger partial charge on any atom is 0.226 e. The Morgan fingerprint density at radius 2 is 1.61 bits per heavy atom. The first-order valence-corrected chi connectivity index (χ1v) is 9.26. The minimum atomic E-state index is -0.301. The van der Waals surface area contributed by atoms with Gasteiger partial charge >= 0.3 is 0 Å². The van der Waals surface area contributed by atoms with Crippen LogP contribution in [0.25, 0.3) is 0 Å². The van der Waals surface area contributed by atoms with Gasteiger partial charge in [0.25, 0.3) is 0 Å². The number of carbonyl (C=O) groups is 1. The van der Waals surface area contributed by atoms with Crippen molar-refractivity contribution in [2.24, 2.45) is 5.73 Å². The van der Waals surface area contributed by atoms with Crippen molar-refractivity contribution in [1.82, 2.24) is 4.90 Å². The number of hydrogen-bond acceptors (Lipinski definition) is 4. The first-order chi connectivity index (χ1) is 12.6. The van der Waals surface area contributed by atoms with Gasteiger partial charge in [-0.2, -0.15) is 0 Å². The summed E-state index contributed by atoms with van der Waals surface area (Å²) in [5.41, 5.74) is 8.93. The van der Waals surface area contributed by atoms with E-state index < -0.39 is 0 Å². The molecule has 0 saturated carbocycles. The van der Waals surface area contributed by atoms with Crippen molar-refractivity contribution in [3.63, 3.8) is 0 Å². The molecular formula is C21H30Cl2N4O. The van der Waals surface area contributed by atoms with Crippen LogP contribution in [0, 0.1) is 0 Å². The first-order valence-electron chi connectivity index (χ1n) is 9.26. The van der Waals surface area contributed by atoms with Crippen molar-refractivity contribution in [2.75, 3.05) is 30.8 Å². The summed E-state index contributed by atoms with van der Waals surface area (Å²) in [4.78, 5) is 14.8. The number of nitrogens with zero attached hydrogens (tertiary/aromatic N) is 1. The fourth-order valence-corrected chi connectivity index (χ4v) is 3.31. The van der Waals surface area contributed by atoms with Crippen LogP contribution in [0.5, 0.6) is 0 Å². The van der Waals surface area contributed by atoms with Crippen LogP contribution in [0.2, 0.25) is 0 Å². The van der Waals surface area contributed by atoms with Crippen LogP contribution in [0.1, 0.15) is 30.9 Å². The molecule has 1 aliphatic heterocycles. The standard InChI is InChI=1S/C21H28N4O.2ClH/c1-25-13-11-17(12-14-25)23-19-9-5-6-10-20(19)24-21(26)15-18(22)16-7-3-2-4-8-16;;/h2-10,17-18,23H,11-15,22H2,1H3,(H,24,26);2*1H. The molecule has 1 amide bonds. The molecule has 0 aliphatic carbocycles. The number of para-hydroxylation sites is 2. The number of amides is 1. The van der Waals surface area contributed by atoms with Crippen LogP contribution in [0.15, 0.2) is 54.6 Å². The predicted octanol–water partition coefficient (Wildman–Crippen LogP) is 4.06. The second kappa shape index (κ2) is 11.9. The Morgan fingerprint density at radius 1 is 1.04 bits per heavy atom. The fourth-order valence-electron chi connectivity index (χ4n) is 3.31. The van der Waals surface area contributed by atoms with Gasteiger partial charge < -0.3 is 21.3 Å². The molecule has 3 rings (SSSR count). The van der Waals surface area contributed by atoms with Crippen LogP contribution in [-0.4, -0.2) is 37.0 Å². The van der Waals surface area contributed by atoms with Gasteiger partial charge in [0, 0.05) is 18.5 Å². The Kier molecular flexibility index (Phi) is 10.3. The van der Waals surface area contributed by atoms with Gasteiger partial charge in [-0.15, -0.1) is 24.8 Å². The second-order valence-electron chi connectivity index (χ2n) is 7.04. The zero-order valence-corrected chi connectivity index (χ0v) is 17.8. The van der Waals surface area contributed by atoms with Crippen molar-refractivity contribution < 1.29 is 4.79 Å². The van der Waals surface area contributed by atoms with E-state index in [2.05, 4.69) is 22.6 Å². The first kappa shape index (κ1) is 24.2. The molecule has 1 aliphatic rings. The third kappa shape index (κ3) is 6.99. The van der Waals surface area contributed by atoms with Gasteiger partial charge in [0.15, 0.2) is 0 Å². The number of piperidine rings is 1. The van der Waals surface area contributed by atoms with Gasteiger partial charge in [0.05, 0.1) is 11.4 Å². The molecule has 28 heavy (non-hydrogen) atoms. The zero-order chi connectivity index (χ0) is 18.4. The van der Waals surface area contributed by atoms with Gasteiger partial charge in [-0.25, -0.2) is 0 Å². The van der Waals surface area contributed by atoms with E-state index in [1.54, 1.807) is 0 Å². The SMILES string of the molecule is CN1CCC(Nc2ccccc2NC(=O)CC(N)c2ccccc2)CC1.Cl.Cl. The highest BCUT2D eigenvalue weighted by Gasteiger charge is 2.18. The summed E-state index contributed by atoms with van der Waals surface area (Å²) in [5, 5.41) is 6.61. The van der Waals surface area contributed by atoms with E-state index in [9.17, 15) is 4.79 Å². The van der Waals surface area contributed by atoms with Crippen molar-refractivity contribution in [3.05, 3.63) is 60.2 Å². The van der Waals surface area contributed by atoms with Gasteiger partial charge in [-0.1, -0.05) is 42.5 Å². The van der Waals surface area contributed by atoms with E-state index in [1.165, 1.54) is 0 Å². The summed E-state index contributed by atoms with van der Waals surface area (Å²) in [6.07, 6.45) is 2.47. The minimum Gasteiger partial charge on any atom is -0.381 e. The summed E-state index contributed by atoms with van der Waals surface area (Å²) in [7, 11) is 2.15. The third-order valence-electron chi connectivity index (χ3n) is 4.91. The molecule has 4 N–H and O–H groups in total. The van der Waals surface area contributed by atoms with Crippen LogP contribution in [0.4, 0.5) is 11.4 Å². The molecule has 7 heteroatoms. The highest BCUT2D eigenvalue weighted by Crippen LogP contribution is 2.25. The summed E-state index contributed by atoms with van der Waals surface area (Å²) < 4.78 is 0. The van der Waals surface area contributed by atoms with E-state index >= 15 is 0 Å². The van der Waals surface area contributed by atoms with Crippen LogP contribution in [-0.2, 0) is 4.79 Å². The number of benzene rings is 2. The normalized spacial score (nSPS) is 15.6. The average molecular weight is 425 g/mol. The summed E-state index contributed by atoms with van der Waals surface area (Å²) >= 11 is 0. The average Bonchev–Trinajstić information content (AvgIpc) is 2.66. The molecule has 1 unspecified atom stereocenters. The van der Waals surface area contributed by atoms with Crippen LogP contribution < -0.4 is 16.4 Å². The van der Waals surface area contributed by atoms with Gasteiger partial charge in [0.2, 0.25) is 5.91 Å². The molecule has 2 aromatic rings. The van der Waals surface area contributed by atoms with Gasteiger partial charge in [0.1, 0.15) is 0 Å². The van der Waals surface area contributed by atoms with Crippen molar-refractivity contribution in [2.45, 2.75) is 31.3 Å². The molecule has 2 aromatic carbocycles. The third-order valence-corrected chi connectivity index (χ3v) is 4.91. The number of hydrogen-bond donors (Lipinski definition) is 3. The summed E-state index contributed by atoms with van der Waals surface area (Å²) in [6.45, 7) is 2.19. The maximum absolute atomic E-state index is 12.5. The lowest BCUT2D eigenvalue weighted by Gasteiger charge is -2.30. The number of carbonyl (C=O) groups excluding carboxylic acids is 1. The molecule has 0 aromatic heterocycles. The highest BCUT2D eigenvalue weighted by molar-refractivity contribution is 5.94. The van der Waals surface area contributed by atoms with Crippen molar-refractivity contribution in [3.8, 4) is 0 Å². The topological polar surface area (TPSA) is 70.4 Å². The van der Waals surface area contributed by atoms with Crippen LogP contribution in [0.3, 0.4) is 0 Å². The summed E-state index contributed by atoms with van der Waals surface area (Å²) in [6, 6.07) is 17.7. The molecule has 5 nitrogen and oxygen atoms in total. The fraction of sp³-hybridized carbons (Fsp3) is 0.381. The van der Waals surface area contributed by atoms with Crippen molar-refractivity contribution in [1.29, 1.82) is 0 Å². The number of likely N-dealkylation sites (tertiary alicyclic amines) is 1. The van der Waals surface area contributed by atoms with Crippen LogP contribution >= 0.6 is 24.8 Å². The molecule has 1 saturated heterocycles. The maximum atomic E-state index is 12.5. The lowest BCUT2D eigenvalue weighted by molar-refractivity contribution is -0.116. The second-order valence-corrected chi connectivity index (χ2v) is 7.04. The highest BCUT2D eigenvalue weighted by atomic mass is 35.5. The molecule has 154 valence electrons. The number of nitrogens with one attached hydrogen (secondary N) is 2.